The average molecular weight is 314 g/mol. The highest BCUT2D eigenvalue weighted by molar-refractivity contribution is 7.98. The van der Waals surface area contributed by atoms with Crippen molar-refractivity contribution in [3.8, 4) is 0 Å². The van der Waals surface area contributed by atoms with Crippen LogP contribution in [0.5, 0.6) is 0 Å². The third kappa shape index (κ3) is 3.95. The van der Waals surface area contributed by atoms with Gasteiger partial charge in [-0.2, -0.15) is 0 Å². The van der Waals surface area contributed by atoms with Crippen molar-refractivity contribution >= 4 is 11.8 Å². The van der Waals surface area contributed by atoms with Gasteiger partial charge in [-0.1, -0.05) is 53.7 Å². The third-order valence-electron chi connectivity index (χ3n) is 3.20. The summed E-state index contributed by atoms with van der Waals surface area (Å²) in [6, 6.07) is 14.7. The fraction of sp³-hybridized carbons (Fsp3) is 0.176. The molecule has 22 heavy (non-hydrogen) atoms. The summed E-state index contributed by atoms with van der Waals surface area (Å²) in [5, 5.41) is 8.63. The zero-order valence-electron chi connectivity index (χ0n) is 12.1. The number of halogens is 1. The topological polar surface area (TPSA) is 38.9 Å². The number of rotatable bonds is 5. The average Bonchev–Trinajstić information content (AvgIpc) is 2.97. The minimum atomic E-state index is -0.230. The van der Waals surface area contributed by atoms with E-state index in [2.05, 4.69) is 41.4 Å². The summed E-state index contributed by atoms with van der Waals surface area (Å²) in [6.07, 6.45) is 0.629. The van der Waals surface area contributed by atoms with Gasteiger partial charge in [-0.3, -0.25) is 0 Å². The maximum absolute atomic E-state index is 12.8. The van der Waals surface area contributed by atoms with Crippen molar-refractivity contribution in [2.75, 3.05) is 0 Å². The molecule has 0 unspecified atom stereocenters. The van der Waals surface area contributed by atoms with Gasteiger partial charge in [-0.25, -0.2) is 4.39 Å². The van der Waals surface area contributed by atoms with Crippen LogP contribution in [0.3, 0.4) is 0 Å². The molecule has 1 heterocycles. The van der Waals surface area contributed by atoms with Gasteiger partial charge in [0.15, 0.2) is 0 Å². The molecule has 0 amide bonds. The Labute approximate surface area is 132 Å². The molecule has 0 aliphatic rings. The SMILES string of the molecule is Cc1ccc(Cc2nnc(SCc3ccc(F)cc3)o2)cc1. The van der Waals surface area contributed by atoms with Crippen LogP contribution in [0.25, 0.3) is 0 Å². The van der Waals surface area contributed by atoms with Crippen LogP contribution in [-0.2, 0) is 12.2 Å². The Morgan fingerprint density at radius 2 is 1.64 bits per heavy atom. The van der Waals surface area contributed by atoms with Gasteiger partial charge in [0, 0.05) is 5.75 Å². The van der Waals surface area contributed by atoms with Crippen molar-refractivity contribution in [2.45, 2.75) is 24.3 Å². The van der Waals surface area contributed by atoms with Crippen LogP contribution in [0.2, 0.25) is 0 Å². The molecule has 2 aromatic carbocycles. The van der Waals surface area contributed by atoms with Crippen molar-refractivity contribution < 1.29 is 8.81 Å². The van der Waals surface area contributed by atoms with E-state index in [0.717, 1.165) is 11.1 Å². The van der Waals surface area contributed by atoms with Gasteiger partial charge in [0.25, 0.3) is 5.22 Å². The van der Waals surface area contributed by atoms with Gasteiger partial charge in [-0.15, -0.1) is 10.2 Å². The maximum Gasteiger partial charge on any atom is 0.276 e. The summed E-state index contributed by atoms with van der Waals surface area (Å²) in [4.78, 5) is 0. The molecular weight excluding hydrogens is 299 g/mol. The number of hydrogen-bond acceptors (Lipinski definition) is 4. The lowest BCUT2D eigenvalue weighted by atomic mass is 10.1. The van der Waals surface area contributed by atoms with Gasteiger partial charge in [0.2, 0.25) is 5.89 Å². The molecule has 3 nitrogen and oxygen atoms in total. The van der Waals surface area contributed by atoms with Crippen LogP contribution in [0.15, 0.2) is 58.2 Å². The molecular formula is C17H15FN2OS. The lowest BCUT2D eigenvalue weighted by Gasteiger charge is -1.98. The van der Waals surface area contributed by atoms with Crippen molar-refractivity contribution in [3.63, 3.8) is 0 Å². The van der Waals surface area contributed by atoms with Crippen molar-refractivity contribution in [2.24, 2.45) is 0 Å². The quantitative estimate of drug-likeness (QED) is 0.654. The van der Waals surface area contributed by atoms with Gasteiger partial charge in [0.05, 0.1) is 6.42 Å². The predicted octanol–water partition coefficient (Wildman–Crippen LogP) is 4.40. The Bertz CT molecular complexity index is 738. The first kappa shape index (κ1) is 14.8. The molecule has 0 fully saturated rings. The Hall–Kier alpha value is -2.14. The highest BCUT2D eigenvalue weighted by Gasteiger charge is 2.08. The van der Waals surface area contributed by atoms with Crippen LogP contribution in [0.4, 0.5) is 4.39 Å². The molecule has 0 atom stereocenters. The third-order valence-corrected chi connectivity index (χ3v) is 4.09. The van der Waals surface area contributed by atoms with E-state index in [9.17, 15) is 4.39 Å². The van der Waals surface area contributed by atoms with E-state index in [4.69, 9.17) is 4.42 Å². The van der Waals surface area contributed by atoms with Gasteiger partial charge in [0.1, 0.15) is 5.82 Å². The van der Waals surface area contributed by atoms with Crippen LogP contribution < -0.4 is 0 Å². The molecule has 0 radical (unpaired) electrons. The molecule has 0 aliphatic heterocycles. The first-order valence-electron chi connectivity index (χ1n) is 6.94. The first-order chi connectivity index (χ1) is 10.7. The second kappa shape index (κ2) is 6.75. The second-order valence-corrected chi connectivity index (χ2v) is 5.97. The molecule has 3 aromatic rings. The zero-order valence-corrected chi connectivity index (χ0v) is 12.9. The van der Waals surface area contributed by atoms with E-state index in [1.165, 1.54) is 29.5 Å². The number of thioether (sulfide) groups is 1. The molecule has 3 rings (SSSR count). The Morgan fingerprint density at radius 3 is 2.36 bits per heavy atom. The van der Waals surface area contributed by atoms with Crippen molar-refractivity contribution in [1.82, 2.24) is 10.2 Å². The lowest BCUT2D eigenvalue weighted by Crippen LogP contribution is -1.88. The molecule has 0 saturated carbocycles. The summed E-state index contributed by atoms with van der Waals surface area (Å²) in [7, 11) is 0. The van der Waals surface area contributed by atoms with Crippen molar-refractivity contribution in [1.29, 1.82) is 0 Å². The predicted molar refractivity (Wildman–Crippen MR) is 84.2 cm³/mol. The maximum atomic E-state index is 12.8. The molecule has 0 saturated heterocycles. The smallest absolute Gasteiger partial charge is 0.276 e. The number of nitrogens with zero attached hydrogens (tertiary/aromatic N) is 2. The number of aryl methyl sites for hydroxylation is 1. The van der Waals surface area contributed by atoms with E-state index in [0.29, 0.717) is 23.3 Å². The molecule has 0 aliphatic carbocycles. The highest BCUT2D eigenvalue weighted by Crippen LogP contribution is 2.22. The summed E-state index contributed by atoms with van der Waals surface area (Å²) in [5.41, 5.74) is 3.39. The molecule has 0 N–H and O–H groups in total. The molecule has 0 spiro atoms. The lowest BCUT2D eigenvalue weighted by molar-refractivity contribution is 0.420. The van der Waals surface area contributed by atoms with Gasteiger partial charge in [-0.05, 0) is 30.2 Å². The van der Waals surface area contributed by atoms with Crippen LogP contribution >= 0.6 is 11.8 Å². The van der Waals surface area contributed by atoms with Crippen LogP contribution in [0.1, 0.15) is 22.6 Å². The number of benzene rings is 2. The van der Waals surface area contributed by atoms with E-state index < -0.39 is 0 Å². The number of aromatic nitrogens is 2. The minimum Gasteiger partial charge on any atom is -0.416 e. The van der Waals surface area contributed by atoms with Crippen LogP contribution in [0, 0.1) is 12.7 Å². The monoisotopic (exact) mass is 314 g/mol. The standard InChI is InChI=1S/C17H15FN2OS/c1-12-2-4-13(5-3-12)10-16-19-20-17(21-16)22-11-14-6-8-15(18)9-7-14/h2-9H,10-11H2,1H3. The van der Waals surface area contributed by atoms with Gasteiger partial charge < -0.3 is 4.42 Å². The summed E-state index contributed by atoms with van der Waals surface area (Å²) < 4.78 is 18.5. The normalized spacial score (nSPS) is 10.8. The Balaban J connectivity index is 1.59. The Kier molecular flexibility index (Phi) is 4.53. The van der Waals surface area contributed by atoms with Crippen LogP contribution in [-0.4, -0.2) is 10.2 Å². The second-order valence-electron chi connectivity index (χ2n) is 5.04. The van der Waals surface area contributed by atoms with E-state index in [1.54, 1.807) is 12.1 Å². The molecule has 0 bridgehead atoms. The largest absolute Gasteiger partial charge is 0.416 e. The summed E-state index contributed by atoms with van der Waals surface area (Å²) >= 11 is 1.45. The summed E-state index contributed by atoms with van der Waals surface area (Å²) in [6.45, 7) is 2.06. The van der Waals surface area contributed by atoms with E-state index >= 15 is 0 Å². The first-order valence-corrected chi connectivity index (χ1v) is 7.93. The zero-order chi connectivity index (χ0) is 15.4. The fourth-order valence-corrected chi connectivity index (χ4v) is 2.71. The van der Waals surface area contributed by atoms with Crippen molar-refractivity contribution in [3.05, 3.63) is 76.9 Å². The van der Waals surface area contributed by atoms with E-state index in [1.807, 2.05) is 0 Å². The molecule has 112 valence electrons. The Morgan fingerprint density at radius 1 is 0.955 bits per heavy atom. The number of hydrogen-bond donors (Lipinski definition) is 0. The van der Waals surface area contributed by atoms with E-state index in [-0.39, 0.29) is 5.82 Å². The molecule has 1 aromatic heterocycles. The highest BCUT2D eigenvalue weighted by atomic mass is 32.2. The minimum absolute atomic E-state index is 0.230. The molecule has 5 heteroatoms. The van der Waals surface area contributed by atoms with Gasteiger partial charge >= 0.3 is 0 Å². The summed E-state index contributed by atoms with van der Waals surface area (Å²) in [5.74, 6) is 1.05. The fourth-order valence-electron chi connectivity index (χ4n) is 1.97.